The second-order valence-electron chi connectivity index (χ2n) is 4.47. The number of aliphatic hydroxyl groups excluding tert-OH is 1. The summed E-state index contributed by atoms with van der Waals surface area (Å²) < 4.78 is 10.5. The molecule has 94 valence electrons. The minimum Gasteiger partial charge on any atom is -0.475 e. The number of methoxy groups -OCH3 is 1. The van der Waals surface area contributed by atoms with Crippen molar-refractivity contribution in [3.05, 3.63) is 23.7 Å². The van der Waals surface area contributed by atoms with Crippen molar-refractivity contribution in [1.82, 2.24) is 0 Å². The van der Waals surface area contributed by atoms with Crippen LogP contribution in [0.5, 0.6) is 0 Å². The highest BCUT2D eigenvalue weighted by Crippen LogP contribution is 2.41. The Morgan fingerprint density at radius 1 is 1.59 bits per heavy atom. The summed E-state index contributed by atoms with van der Waals surface area (Å²) in [6.45, 7) is 0. The van der Waals surface area contributed by atoms with E-state index < -0.39 is 12.1 Å². The van der Waals surface area contributed by atoms with E-state index >= 15 is 0 Å². The minimum absolute atomic E-state index is 0.154. The van der Waals surface area contributed by atoms with Crippen LogP contribution < -0.4 is 0 Å². The number of aliphatic hydroxyl groups is 1. The van der Waals surface area contributed by atoms with Gasteiger partial charge in [-0.25, -0.2) is 4.79 Å². The van der Waals surface area contributed by atoms with E-state index in [1.54, 1.807) is 7.11 Å². The molecule has 1 aliphatic rings. The minimum atomic E-state index is -1.13. The molecule has 0 bridgehead atoms. The molecule has 0 aliphatic heterocycles. The Labute approximate surface area is 99.0 Å². The molecule has 5 heteroatoms. The molecule has 0 amide bonds. The zero-order chi connectivity index (χ0) is 12.5. The Balaban J connectivity index is 2.03. The Morgan fingerprint density at radius 2 is 2.29 bits per heavy atom. The van der Waals surface area contributed by atoms with E-state index in [4.69, 9.17) is 14.3 Å². The van der Waals surface area contributed by atoms with Gasteiger partial charge in [-0.1, -0.05) is 0 Å². The molecule has 0 spiro atoms. The maximum absolute atomic E-state index is 10.6. The predicted octanol–water partition coefficient (Wildman–Crippen LogP) is 1.97. The summed E-state index contributed by atoms with van der Waals surface area (Å²) >= 11 is 0. The fraction of sp³-hybridized carbons (Fsp3) is 0.583. The Bertz CT molecular complexity index is 399. The zero-order valence-electron chi connectivity index (χ0n) is 9.68. The van der Waals surface area contributed by atoms with E-state index in [0.29, 0.717) is 6.42 Å². The van der Waals surface area contributed by atoms with Gasteiger partial charge in [-0.2, -0.15) is 0 Å². The molecule has 2 N–H and O–H groups in total. The fourth-order valence-corrected chi connectivity index (χ4v) is 2.16. The largest absolute Gasteiger partial charge is 0.475 e. The molecule has 1 atom stereocenters. The van der Waals surface area contributed by atoms with E-state index in [1.165, 1.54) is 12.1 Å². The van der Waals surface area contributed by atoms with Crippen LogP contribution in [0.1, 0.15) is 48.1 Å². The van der Waals surface area contributed by atoms with E-state index in [0.717, 1.165) is 19.3 Å². The van der Waals surface area contributed by atoms with Crippen LogP contribution in [0.4, 0.5) is 0 Å². The topological polar surface area (TPSA) is 79.9 Å². The number of aromatic carboxylic acids is 1. The summed E-state index contributed by atoms with van der Waals surface area (Å²) in [4.78, 5) is 10.6. The molecule has 1 aromatic heterocycles. The molecule has 5 nitrogen and oxygen atoms in total. The van der Waals surface area contributed by atoms with Gasteiger partial charge in [-0.05, 0) is 31.4 Å². The molecule has 0 aromatic carbocycles. The highest BCUT2D eigenvalue weighted by atomic mass is 16.5. The number of carbonyl (C=O) groups is 1. The van der Waals surface area contributed by atoms with Crippen LogP contribution in [0.15, 0.2) is 16.5 Å². The van der Waals surface area contributed by atoms with Gasteiger partial charge < -0.3 is 19.4 Å². The lowest BCUT2D eigenvalue weighted by atomic mass is 9.76. The van der Waals surface area contributed by atoms with E-state index in [1.807, 2.05) is 0 Å². The fourth-order valence-electron chi connectivity index (χ4n) is 2.16. The van der Waals surface area contributed by atoms with Crippen molar-refractivity contribution in [1.29, 1.82) is 0 Å². The van der Waals surface area contributed by atoms with Gasteiger partial charge in [0, 0.05) is 13.5 Å². The summed E-state index contributed by atoms with van der Waals surface area (Å²) in [5, 5.41) is 18.7. The third-order valence-electron chi connectivity index (χ3n) is 3.43. The van der Waals surface area contributed by atoms with Gasteiger partial charge in [-0.15, -0.1) is 0 Å². The van der Waals surface area contributed by atoms with Crippen LogP contribution in [-0.4, -0.2) is 28.9 Å². The van der Waals surface area contributed by atoms with Crippen molar-refractivity contribution in [2.45, 2.75) is 37.4 Å². The molecule has 1 aromatic rings. The lowest BCUT2D eigenvalue weighted by molar-refractivity contribution is -0.102. The highest BCUT2D eigenvalue weighted by Gasteiger charge is 2.39. The van der Waals surface area contributed by atoms with Gasteiger partial charge in [0.25, 0.3) is 0 Å². The third-order valence-corrected chi connectivity index (χ3v) is 3.43. The predicted molar refractivity (Wildman–Crippen MR) is 58.8 cm³/mol. The maximum atomic E-state index is 10.6. The highest BCUT2D eigenvalue weighted by molar-refractivity contribution is 5.84. The van der Waals surface area contributed by atoms with Gasteiger partial charge in [0.05, 0.1) is 5.60 Å². The first-order chi connectivity index (χ1) is 8.06. The van der Waals surface area contributed by atoms with Crippen LogP contribution in [-0.2, 0) is 4.74 Å². The van der Waals surface area contributed by atoms with E-state index in [-0.39, 0.29) is 17.1 Å². The first-order valence-corrected chi connectivity index (χ1v) is 5.62. The zero-order valence-corrected chi connectivity index (χ0v) is 9.68. The van der Waals surface area contributed by atoms with E-state index in [2.05, 4.69) is 0 Å². The van der Waals surface area contributed by atoms with Crippen molar-refractivity contribution < 1.29 is 24.2 Å². The molecule has 0 radical (unpaired) electrons. The number of carboxylic acids is 1. The van der Waals surface area contributed by atoms with Gasteiger partial charge in [0.2, 0.25) is 5.76 Å². The first kappa shape index (κ1) is 12.1. The van der Waals surface area contributed by atoms with Crippen LogP contribution in [0.25, 0.3) is 0 Å². The van der Waals surface area contributed by atoms with Crippen LogP contribution >= 0.6 is 0 Å². The molecule has 1 fully saturated rings. The van der Waals surface area contributed by atoms with Crippen LogP contribution in [0.3, 0.4) is 0 Å². The number of hydrogen-bond donors (Lipinski definition) is 2. The van der Waals surface area contributed by atoms with Crippen molar-refractivity contribution in [3.8, 4) is 0 Å². The molecule has 1 unspecified atom stereocenters. The Hall–Kier alpha value is -1.33. The molecule has 0 saturated heterocycles. The molecule has 1 heterocycles. The smallest absolute Gasteiger partial charge is 0.371 e. The lowest BCUT2D eigenvalue weighted by Crippen LogP contribution is -2.40. The molecular formula is C12H16O5. The van der Waals surface area contributed by atoms with Gasteiger partial charge in [-0.3, -0.25) is 0 Å². The Kier molecular flexibility index (Phi) is 3.22. The van der Waals surface area contributed by atoms with Gasteiger partial charge >= 0.3 is 5.97 Å². The second kappa shape index (κ2) is 4.50. The monoisotopic (exact) mass is 240 g/mol. The molecular weight excluding hydrogens is 224 g/mol. The molecule has 1 saturated carbocycles. The number of rotatable bonds is 5. The van der Waals surface area contributed by atoms with Crippen LogP contribution in [0, 0.1) is 0 Å². The summed E-state index contributed by atoms with van der Waals surface area (Å²) in [5.74, 6) is -1.00. The summed E-state index contributed by atoms with van der Waals surface area (Å²) in [6.07, 6.45) is 2.57. The summed E-state index contributed by atoms with van der Waals surface area (Å²) in [7, 11) is 1.64. The standard InChI is InChI=1S/C12H16O5/c1-16-12(5-2-6-12)7-8(13)9-3-4-10(17-9)11(14)15/h3-4,8,13H,2,5-7H2,1H3,(H,14,15). The quantitative estimate of drug-likeness (QED) is 0.822. The first-order valence-electron chi connectivity index (χ1n) is 5.62. The van der Waals surface area contributed by atoms with Crippen molar-refractivity contribution in [2.75, 3.05) is 7.11 Å². The average molecular weight is 240 g/mol. The van der Waals surface area contributed by atoms with Crippen molar-refractivity contribution in [3.63, 3.8) is 0 Å². The number of ether oxygens (including phenoxy) is 1. The lowest BCUT2D eigenvalue weighted by Gasteiger charge is -2.41. The Morgan fingerprint density at radius 3 is 2.71 bits per heavy atom. The SMILES string of the molecule is COC1(CC(O)c2ccc(C(=O)O)o2)CCC1. The number of hydrogen-bond acceptors (Lipinski definition) is 4. The summed E-state index contributed by atoms with van der Waals surface area (Å²) in [6, 6.07) is 2.84. The normalized spacial score (nSPS) is 19.6. The van der Waals surface area contributed by atoms with Crippen molar-refractivity contribution >= 4 is 5.97 Å². The van der Waals surface area contributed by atoms with Crippen molar-refractivity contribution in [2.24, 2.45) is 0 Å². The average Bonchev–Trinajstić information content (AvgIpc) is 2.72. The maximum Gasteiger partial charge on any atom is 0.371 e. The number of furan rings is 1. The van der Waals surface area contributed by atoms with Crippen LogP contribution in [0.2, 0.25) is 0 Å². The second-order valence-corrected chi connectivity index (χ2v) is 4.47. The summed E-state index contributed by atoms with van der Waals surface area (Å²) in [5.41, 5.74) is -0.268. The molecule has 1 aliphatic carbocycles. The molecule has 17 heavy (non-hydrogen) atoms. The van der Waals surface area contributed by atoms with E-state index in [9.17, 15) is 9.90 Å². The van der Waals surface area contributed by atoms with Gasteiger partial charge in [0.15, 0.2) is 0 Å². The molecule has 2 rings (SSSR count). The third kappa shape index (κ3) is 2.35. The number of carboxylic acid groups (broad SMARTS) is 1. The van der Waals surface area contributed by atoms with Gasteiger partial charge in [0.1, 0.15) is 11.9 Å².